The van der Waals surface area contributed by atoms with Crippen molar-refractivity contribution in [1.29, 1.82) is 0 Å². The zero-order chi connectivity index (χ0) is 10.8. The molecule has 0 aliphatic carbocycles. The van der Waals surface area contributed by atoms with Gasteiger partial charge in [-0.25, -0.2) is 0 Å². The number of benzene rings is 1. The number of furan rings is 1. The molecule has 0 saturated heterocycles. The van der Waals surface area contributed by atoms with E-state index in [9.17, 15) is 0 Å². The van der Waals surface area contributed by atoms with Crippen LogP contribution in [0.4, 0.5) is 0 Å². The summed E-state index contributed by atoms with van der Waals surface area (Å²) < 4.78 is 5.71. The lowest BCUT2D eigenvalue weighted by molar-refractivity contribution is 0.431. The van der Waals surface area contributed by atoms with Crippen molar-refractivity contribution < 1.29 is 4.42 Å². The van der Waals surface area contributed by atoms with Crippen LogP contribution in [0.2, 0.25) is 0 Å². The average molecular weight is 203 g/mol. The Kier molecular flexibility index (Phi) is 2.78. The maximum atomic E-state index is 6.07. The number of fused-ring (bicyclic) bond motifs is 1. The Bertz CT molecular complexity index is 411. The van der Waals surface area contributed by atoms with E-state index in [1.807, 2.05) is 30.3 Å². The normalized spacial score (nSPS) is 13.6. The quantitative estimate of drug-likeness (QED) is 0.829. The molecule has 1 aromatic carbocycles. The van der Waals surface area contributed by atoms with Gasteiger partial charge in [0.05, 0.1) is 6.04 Å². The van der Waals surface area contributed by atoms with Gasteiger partial charge in [0, 0.05) is 5.39 Å². The fourth-order valence-electron chi connectivity index (χ4n) is 1.81. The van der Waals surface area contributed by atoms with E-state index in [4.69, 9.17) is 10.2 Å². The highest BCUT2D eigenvalue weighted by molar-refractivity contribution is 5.77. The zero-order valence-corrected chi connectivity index (χ0v) is 9.23. The van der Waals surface area contributed by atoms with Crippen molar-refractivity contribution in [2.75, 3.05) is 0 Å². The second-order valence-electron chi connectivity index (χ2n) is 4.42. The van der Waals surface area contributed by atoms with E-state index in [1.165, 1.54) is 0 Å². The summed E-state index contributed by atoms with van der Waals surface area (Å²) >= 11 is 0. The minimum absolute atomic E-state index is 0.0115. The van der Waals surface area contributed by atoms with Gasteiger partial charge in [-0.05, 0) is 24.5 Å². The summed E-state index contributed by atoms with van der Waals surface area (Å²) in [5.74, 6) is 1.48. The number of rotatable bonds is 3. The Morgan fingerprint density at radius 3 is 2.67 bits per heavy atom. The zero-order valence-electron chi connectivity index (χ0n) is 9.23. The molecule has 1 heterocycles. The molecule has 0 aliphatic rings. The molecule has 0 bridgehead atoms. The molecule has 0 amide bonds. The average Bonchev–Trinajstić information content (AvgIpc) is 2.59. The summed E-state index contributed by atoms with van der Waals surface area (Å²) in [6.45, 7) is 4.34. The Morgan fingerprint density at radius 1 is 1.27 bits per heavy atom. The number of para-hydroxylation sites is 1. The first-order valence-electron chi connectivity index (χ1n) is 5.41. The SMILES string of the molecule is CC(C)C[C@H](N)c1cc2ccccc2o1. The van der Waals surface area contributed by atoms with Gasteiger partial charge in [0.25, 0.3) is 0 Å². The third kappa shape index (κ3) is 2.21. The van der Waals surface area contributed by atoms with Gasteiger partial charge in [0.15, 0.2) is 0 Å². The highest BCUT2D eigenvalue weighted by Crippen LogP contribution is 2.25. The molecule has 2 aromatic rings. The summed E-state index contributed by atoms with van der Waals surface area (Å²) in [6, 6.07) is 10.1. The fraction of sp³-hybridized carbons (Fsp3) is 0.385. The lowest BCUT2D eigenvalue weighted by Crippen LogP contribution is -2.11. The van der Waals surface area contributed by atoms with Crippen LogP contribution >= 0.6 is 0 Å². The number of hydrogen-bond donors (Lipinski definition) is 1. The van der Waals surface area contributed by atoms with Crippen molar-refractivity contribution in [2.45, 2.75) is 26.3 Å². The maximum absolute atomic E-state index is 6.07. The smallest absolute Gasteiger partial charge is 0.134 e. The van der Waals surface area contributed by atoms with Crippen LogP contribution in [0.3, 0.4) is 0 Å². The highest BCUT2D eigenvalue weighted by Gasteiger charge is 2.12. The molecular weight excluding hydrogens is 186 g/mol. The van der Waals surface area contributed by atoms with E-state index < -0.39 is 0 Å². The molecule has 15 heavy (non-hydrogen) atoms. The minimum atomic E-state index is 0.0115. The molecule has 0 fully saturated rings. The van der Waals surface area contributed by atoms with Gasteiger partial charge in [-0.1, -0.05) is 32.0 Å². The molecule has 1 aromatic heterocycles. The first-order valence-corrected chi connectivity index (χ1v) is 5.41. The third-order valence-corrected chi connectivity index (χ3v) is 2.54. The minimum Gasteiger partial charge on any atom is -0.459 e. The monoisotopic (exact) mass is 203 g/mol. The van der Waals surface area contributed by atoms with Gasteiger partial charge in [0.1, 0.15) is 11.3 Å². The Morgan fingerprint density at radius 2 is 2.00 bits per heavy atom. The van der Waals surface area contributed by atoms with Crippen molar-refractivity contribution in [3.8, 4) is 0 Å². The Labute approximate surface area is 90.1 Å². The molecule has 1 atom stereocenters. The molecule has 80 valence electrons. The van der Waals surface area contributed by atoms with Crippen molar-refractivity contribution in [2.24, 2.45) is 11.7 Å². The number of hydrogen-bond acceptors (Lipinski definition) is 2. The topological polar surface area (TPSA) is 39.2 Å². The molecule has 0 radical (unpaired) electrons. The molecule has 2 heteroatoms. The fourth-order valence-corrected chi connectivity index (χ4v) is 1.81. The van der Waals surface area contributed by atoms with Crippen molar-refractivity contribution in [3.63, 3.8) is 0 Å². The van der Waals surface area contributed by atoms with Crippen LogP contribution in [0.25, 0.3) is 11.0 Å². The second kappa shape index (κ2) is 4.07. The van der Waals surface area contributed by atoms with Crippen LogP contribution in [-0.4, -0.2) is 0 Å². The molecule has 0 saturated carbocycles. The first kappa shape index (κ1) is 10.2. The second-order valence-corrected chi connectivity index (χ2v) is 4.42. The summed E-state index contributed by atoms with van der Waals surface area (Å²) in [4.78, 5) is 0. The lowest BCUT2D eigenvalue weighted by atomic mass is 10.0. The van der Waals surface area contributed by atoms with E-state index in [-0.39, 0.29) is 6.04 Å². The summed E-state index contributed by atoms with van der Waals surface area (Å²) in [6.07, 6.45) is 0.958. The van der Waals surface area contributed by atoms with Gasteiger partial charge in [-0.15, -0.1) is 0 Å². The van der Waals surface area contributed by atoms with Crippen molar-refractivity contribution >= 4 is 11.0 Å². The molecule has 0 unspecified atom stereocenters. The predicted molar refractivity (Wildman–Crippen MR) is 62.6 cm³/mol. The first-order chi connectivity index (χ1) is 7.16. The largest absolute Gasteiger partial charge is 0.459 e. The highest BCUT2D eigenvalue weighted by atomic mass is 16.3. The predicted octanol–water partition coefficient (Wildman–Crippen LogP) is 3.48. The maximum Gasteiger partial charge on any atom is 0.134 e. The van der Waals surface area contributed by atoms with Crippen LogP contribution in [0, 0.1) is 5.92 Å². The van der Waals surface area contributed by atoms with E-state index in [0.29, 0.717) is 5.92 Å². The summed E-state index contributed by atoms with van der Waals surface area (Å²) in [7, 11) is 0. The van der Waals surface area contributed by atoms with E-state index in [2.05, 4.69) is 13.8 Å². The molecule has 2 N–H and O–H groups in total. The molecule has 0 spiro atoms. The molecule has 2 rings (SSSR count). The van der Waals surface area contributed by atoms with Gasteiger partial charge in [0.2, 0.25) is 0 Å². The molecule has 2 nitrogen and oxygen atoms in total. The van der Waals surface area contributed by atoms with Crippen molar-refractivity contribution in [1.82, 2.24) is 0 Å². The summed E-state index contributed by atoms with van der Waals surface area (Å²) in [5, 5.41) is 1.13. The van der Waals surface area contributed by atoms with Gasteiger partial charge in [-0.2, -0.15) is 0 Å². The summed E-state index contributed by atoms with van der Waals surface area (Å²) in [5.41, 5.74) is 6.99. The van der Waals surface area contributed by atoms with Crippen LogP contribution < -0.4 is 5.73 Å². The Hall–Kier alpha value is -1.28. The van der Waals surface area contributed by atoms with Gasteiger partial charge >= 0.3 is 0 Å². The van der Waals surface area contributed by atoms with E-state index in [0.717, 1.165) is 23.2 Å². The van der Waals surface area contributed by atoms with Crippen molar-refractivity contribution in [3.05, 3.63) is 36.1 Å². The lowest BCUT2D eigenvalue weighted by Gasteiger charge is -2.10. The van der Waals surface area contributed by atoms with E-state index >= 15 is 0 Å². The number of nitrogens with two attached hydrogens (primary N) is 1. The standard InChI is InChI=1S/C13H17NO/c1-9(2)7-11(14)13-8-10-5-3-4-6-12(10)15-13/h3-6,8-9,11H,7,14H2,1-2H3/t11-/m0/s1. The van der Waals surface area contributed by atoms with Crippen LogP contribution in [0.5, 0.6) is 0 Å². The molecule has 0 aliphatic heterocycles. The Balaban J connectivity index is 2.28. The van der Waals surface area contributed by atoms with Gasteiger partial charge < -0.3 is 10.2 Å². The van der Waals surface area contributed by atoms with Crippen LogP contribution in [-0.2, 0) is 0 Å². The van der Waals surface area contributed by atoms with Crippen LogP contribution in [0.15, 0.2) is 34.7 Å². The van der Waals surface area contributed by atoms with E-state index in [1.54, 1.807) is 0 Å². The molecular formula is C13H17NO. The van der Waals surface area contributed by atoms with Gasteiger partial charge in [-0.3, -0.25) is 0 Å². The third-order valence-electron chi connectivity index (χ3n) is 2.54. The van der Waals surface area contributed by atoms with Crippen LogP contribution in [0.1, 0.15) is 32.1 Å².